The van der Waals surface area contributed by atoms with E-state index in [0.29, 0.717) is 11.8 Å². The van der Waals surface area contributed by atoms with Gasteiger partial charge in [0.05, 0.1) is 0 Å². The minimum Gasteiger partial charge on any atom is -0.355 e. The Bertz CT molecular complexity index is 339. The maximum Gasteiger partial charge on any atom is 0.221 e. The van der Waals surface area contributed by atoms with Crippen molar-refractivity contribution in [1.82, 2.24) is 10.6 Å². The molecule has 0 unspecified atom stereocenters. The lowest BCUT2D eigenvalue weighted by Crippen LogP contribution is -2.48. The molecule has 2 N–H and O–H groups in total. The Kier molecular flexibility index (Phi) is 3.59. The van der Waals surface area contributed by atoms with E-state index in [1.54, 1.807) is 0 Å². The summed E-state index contributed by atoms with van der Waals surface area (Å²) in [6.07, 6.45) is 12.3. The molecular formula is C16H28N2O. The van der Waals surface area contributed by atoms with Crippen LogP contribution >= 0.6 is 0 Å². The molecule has 0 atom stereocenters. The summed E-state index contributed by atoms with van der Waals surface area (Å²) in [6, 6.07) is 0. The molecule has 19 heavy (non-hydrogen) atoms. The smallest absolute Gasteiger partial charge is 0.221 e. The normalized spacial score (nSPS) is 27.8. The van der Waals surface area contributed by atoms with Gasteiger partial charge in [-0.25, -0.2) is 0 Å². The monoisotopic (exact) mass is 264 g/mol. The minimum absolute atomic E-state index is 0.0820. The van der Waals surface area contributed by atoms with Crippen molar-refractivity contribution in [3.63, 3.8) is 0 Å². The van der Waals surface area contributed by atoms with Crippen LogP contribution in [0.4, 0.5) is 0 Å². The maximum atomic E-state index is 12.2. The Labute approximate surface area is 116 Å². The molecule has 0 spiro atoms. The number of rotatable bonds is 6. The summed E-state index contributed by atoms with van der Waals surface area (Å²) in [4.78, 5) is 12.2. The lowest BCUT2D eigenvalue weighted by atomic mass is 9.79. The van der Waals surface area contributed by atoms with Crippen LogP contribution in [0.5, 0.6) is 0 Å². The summed E-state index contributed by atoms with van der Waals surface area (Å²) < 4.78 is 0. The molecule has 3 rings (SSSR count). The van der Waals surface area contributed by atoms with Crippen LogP contribution in [-0.2, 0) is 4.79 Å². The largest absolute Gasteiger partial charge is 0.355 e. The van der Waals surface area contributed by atoms with E-state index in [2.05, 4.69) is 10.6 Å². The lowest BCUT2D eigenvalue weighted by molar-refractivity contribution is -0.123. The molecule has 1 amide bonds. The van der Waals surface area contributed by atoms with E-state index in [1.165, 1.54) is 44.9 Å². The van der Waals surface area contributed by atoms with Gasteiger partial charge in [-0.1, -0.05) is 19.3 Å². The summed E-state index contributed by atoms with van der Waals surface area (Å²) in [5, 5.41) is 6.67. The molecule has 3 aliphatic carbocycles. The average Bonchev–Trinajstić information content (AvgIpc) is 3.29. The number of hydrogen-bond donors (Lipinski definition) is 2. The number of nitrogens with one attached hydrogen (secondary N) is 2. The van der Waals surface area contributed by atoms with Crippen molar-refractivity contribution in [1.29, 1.82) is 0 Å². The molecule has 0 aromatic carbocycles. The zero-order chi connectivity index (χ0) is 13.3. The van der Waals surface area contributed by atoms with E-state index in [4.69, 9.17) is 0 Å². The van der Waals surface area contributed by atoms with Crippen LogP contribution in [-0.4, -0.2) is 25.0 Å². The SMILES string of the molecule is CNC1(CC(=O)NCC2(C3CC3)CC2)CCCCC1. The highest BCUT2D eigenvalue weighted by Crippen LogP contribution is 2.60. The first-order chi connectivity index (χ1) is 9.18. The van der Waals surface area contributed by atoms with Gasteiger partial charge < -0.3 is 10.6 Å². The van der Waals surface area contributed by atoms with Crippen molar-refractivity contribution in [2.75, 3.05) is 13.6 Å². The highest BCUT2D eigenvalue weighted by Gasteiger charge is 2.53. The first-order valence-electron chi connectivity index (χ1n) is 8.14. The van der Waals surface area contributed by atoms with E-state index in [9.17, 15) is 4.79 Å². The fraction of sp³-hybridized carbons (Fsp3) is 0.938. The third-order valence-corrected chi connectivity index (χ3v) is 5.81. The predicted molar refractivity (Wildman–Crippen MR) is 76.9 cm³/mol. The molecule has 0 radical (unpaired) electrons. The molecule has 0 saturated heterocycles. The van der Waals surface area contributed by atoms with E-state index < -0.39 is 0 Å². The van der Waals surface area contributed by atoms with Crippen LogP contribution in [0, 0.1) is 11.3 Å². The summed E-state index contributed by atoms with van der Waals surface area (Å²) in [5.41, 5.74) is 0.605. The van der Waals surface area contributed by atoms with Gasteiger partial charge in [-0.15, -0.1) is 0 Å². The van der Waals surface area contributed by atoms with Crippen LogP contribution in [0.3, 0.4) is 0 Å². The molecule has 0 aromatic heterocycles. The van der Waals surface area contributed by atoms with Gasteiger partial charge >= 0.3 is 0 Å². The zero-order valence-electron chi connectivity index (χ0n) is 12.3. The van der Waals surface area contributed by atoms with Gasteiger partial charge in [0.15, 0.2) is 0 Å². The van der Waals surface area contributed by atoms with Gasteiger partial charge in [0.25, 0.3) is 0 Å². The Morgan fingerprint density at radius 3 is 2.32 bits per heavy atom. The van der Waals surface area contributed by atoms with Crippen LogP contribution < -0.4 is 10.6 Å². The van der Waals surface area contributed by atoms with E-state index in [-0.39, 0.29) is 11.4 Å². The number of hydrogen-bond acceptors (Lipinski definition) is 2. The third kappa shape index (κ3) is 2.96. The number of carbonyl (C=O) groups excluding carboxylic acids is 1. The topological polar surface area (TPSA) is 41.1 Å². The van der Waals surface area contributed by atoms with Crippen molar-refractivity contribution >= 4 is 5.91 Å². The van der Waals surface area contributed by atoms with Gasteiger partial charge in [-0.2, -0.15) is 0 Å². The van der Waals surface area contributed by atoms with E-state index in [0.717, 1.165) is 25.3 Å². The quantitative estimate of drug-likeness (QED) is 0.774. The van der Waals surface area contributed by atoms with Crippen molar-refractivity contribution in [2.45, 2.75) is 69.7 Å². The van der Waals surface area contributed by atoms with Crippen molar-refractivity contribution in [3.8, 4) is 0 Å². The molecule has 3 heteroatoms. The Morgan fingerprint density at radius 2 is 1.79 bits per heavy atom. The summed E-state index contributed by atoms with van der Waals surface area (Å²) in [7, 11) is 2.02. The Balaban J connectivity index is 1.47. The first-order valence-corrected chi connectivity index (χ1v) is 8.14. The highest BCUT2D eigenvalue weighted by atomic mass is 16.1. The third-order valence-electron chi connectivity index (χ3n) is 5.81. The number of carbonyl (C=O) groups is 1. The molecule has 0 aromatic rings. The summed E-state index contributed by atoms with van der Waals surface area (Å²) in [6.45, 7) is 0.941. The number of amides is 1. The van der Waals surface area contributed by atoms with Crippen LogP contribution in [0.1, 0.15) is 64.2 Å². The molecule has 0 aliphatic heterocycles. The van der Waals surface area contributed by atoms with Gasteiger partial charge in [-0.05, 0) is 56.9 Å². The van der Waals surface area contributed by atoms with Gasteiger partial charge in [-0.3, -0.25) is 4.79 Å². The van der Waals surface area contributed by atoms with E-state index in [1.807, 2.05) is 7.05 Å². The Hall–Kier alpha value is -0.570. The Morgan fingerprint density at radius 1 is 1.11 bits per heavy atom. The molecule has 0 heterocycles. The van der Waals surface area contributed by atoms with Crippen molar-refractivity contribution in [2.24, 2.45) is 11.3 Å². The standard InChI is InChI=1S/C16H28N2O/c1-17-16(7-3-2-4-8-16)11-14(19)18-12-15(9-10-15)13-5-6-13/h13,17H,2-12H2,1H3,(H,18,19). The molecule has 3 nitrogen and oxygen atoms in total. The lowest BCUT2D eigenvalue weighted by Gasteiger charge is -2.36. The van der Waals surface area contributed by atoms with Gasteiger partial charge in [0, 0.05) is 18.5 Å². The zero-order valence-corrected chi connectivity index (χ0v) is 12.3. The average molecular weight is 264 g/mol. The second kappa shape index (κ2) is 5.08. The van der Waals surface area contributed by atoms with Crippen LogP contribution in [0.2, 0.25) is 0 Å². The fourth-order valence-electron chi connectivity index (χ4n) is 3.97. The van der Waals surface area contributed by atoms with Crippen molar-refractivity contribution in [3.05, 3.63) is 0 Å². The molecule has 3 fully saturated rings. The second-order valence-electron chi connectivity index (χ2n) is 7.18. The molecule has 0 bridgehead atoms. The van der Waals surface area contributed by atoms with E-state index >= 15 is 0 Å². The minimum atomic E-state index is 0.0820. The predicted octanol–water partition coefficient (Wildman–Crippen LogP) is 2.61. The molecule has 108 valence electrons. The molecule has 3 aliphatic rings. The summed E-state index contributed by atoms with van der Waals surface area (Å²) >= 11 is 0. The van der Waals surface area contributed by atoms with Gasteiger partial charge in [0.2, 0.25) is 5.91 Å². The molecular weight excluding hydrogens is 236 g/mol. The second-order valence-corrected chi connectivity index (χ2v) is 7.18. The summed E-state index contributed by atoms with van der Waals surface area (Å²) in [5.74, 6) is 1.20. The highest BCUT2D eigenvalue weighted by molar-refractivity contribution is 5.77. The maximum absolute atomic E-state index is 12.2. The molecule has 3 saturated carbocycles. The van der Waals surface area contributed by atoms with Crippen molar-refractivity contribution < 1.29 is 4.79 Å². The van der Waals surface area contributed by atoms with Crippen LogP contribution in [0.25, 0.3) is 0 Å². The van der Waals surface area contributed by atoms with Gasteiger partial charge in [0.1, 0.15) is 0 Å². The fourth-order valence-corrected chi connectivity index (χ4v) is 3.97. The first kappa shape index (κ1) is 13.4. The van der Waals surface area contributed by atoms with Crippen LogP contribution in [0.15, 0.2) is 0 Å².